The van der Waals surface area contributed by atoms with Crippen LogP contribution in [0.3, 0.4) is 0 Å². The first-order valence-electron chi connectivity index (χ1n) is 14.4. The third kappa shape index (κ3) is 3.58. The molecule has 3 heterocycles. The van der Waals surface area contributed by atoms with Crippen molar-refractivity contribution in [3.05, 3.63) is 152 Å². The van der Waals surface area contributed by atoms with Crippen molar-refractivity contribution in [1.82, 2.24) is 23.9 Å². The van der Waals surface area contributed by atoms with Gasteiger partial charge in [-0.2, -0.15) is 0 Å². The van der Waals surface area contributed by atoms with Gasteiger partial charge in [-0.05, 0) is 47.9 Å². The topological polar surface area (TPSA) is 40.6 Å². The van der Waals surface area contributed by atoms with E-state index < -0.39 is 0 Å². The second-order valence-electron chi connectivity index (χ2n) is 10.8. The summed E-state index contributed by atoms with van der Waals surface area (Å²) in [5.74, 6) is 1.55. The van der Waals surface area contributed by atoms with Gasteiger partial charge in [-0.1, -0.05) is 103 Å². The smallest absolute Gasteiger partial charge is 0.241 e. The molecule has 0 saturated carbocycles. The van der Waals surface area contributed by atoms with Crippen LogP contribution in [0.25, 0.3) is 72.2 Å². The molecule has 0 saturated heterocycles. The maximum absolute atomic E-state index is 4.94. The van der Waals surface area contributed by atoms with E-state index in [1.54, 1.807) is 0 Å². The van der Waals surface area contributed by atoms with Crippen LogP contribution in [0, 0.1) is 0 Å². The Balaban J connectivity index is 1.45. The van der Waals surface area contributed by atoms with Crippen molar-refractivity contribution in [3.8, 4) is 28.7 Å². The number of rotatable bonds is 4. The first kappa shape index (κ1) is 23.7. The van der Waals surface area contributed by atoms with Gasteiger partial charge in [-0.3, -0.25) is 9.13 Å². The predicted molar refractivity (Wildman–Crippen MR) is 175 cm³/mol. The predicted octanol–water partition coefficient (Wildman–Crippen LogP) is 9.13. The van der Waals surface area contributed by atoms with E-state index in [1.165, 1.54) is 26.9 Å². The van der Waals surface area contributed by atoms with Crippen LogP contribution in [0.5, 0.6) is 0 Å². The van der Waals surface area contributed by atoms with Crippen LogP contribution in [-0.2, 0) is 0 Å². The monoisotopic (exact) mass is 551 g/mol. The van der Waals surface area contributed by atoms with Crippen LogP contribution in [0.4, 0.5) is 0 Å². The summed E-state index contributed by atoms with van der Waals surface area (Å²) >= 11 is 0. The molecule has 3 aromatic heterocycles. The Morgan fingerprint density at radius 2 is 1.14 bits per heavy atom. The number of para-hydroxylation sites is 2. The minimum absolute atomic E-state index is 0.749. The number of hydrogen-bond donors (Lipinski definition) is 0. The Labute approximate surface area is 247 Å². The highest BCUT2D eigenvalue weighted by atomic mass is 15.4. The van der Waals surface area contributed by atoms with Crippen molar-refractivity contribution >= 4 is 43.5 Å². The van der Waals surface area contributed by atoms with Crippen molar-refractivity contribution in [2.45, 2.75) is 0 Å². The molecule has 0 aliphatic heterocycles. The molecule has 43 heavy (non-hydrogen) atoms. The fraction of sp³-hybridized carbons (Fsp3) is 0. The highest BCUT2D eigenvalue weighted by molar-refractivity contribution is 6.20. The summed E-state index contributed by atoms with van der Waals surface area (Å²) in [5, 5.41) is 15.7. The molecule has 0 atom stereocenters. The highest BCUT2D eigenvalue weighted by Crippen LogP contribution is 2.39. The van der Waals surface area contributed by atoms with Crippen molar-refractivity contribution in [2.24, 2.45) is 0 Å². The third-order valence-corrected chi connectivity index (χ3v) is 8.39. The number of fused-ring (bicyclic) bond motifs is 6. The molecule has 0 spiro atoms. The molecule has 0 fully saturated rings. The lowest BCUT2D eigenvalue weighted by molar-refractivity contribution is 0.935. The molecular weight excluding hydrogens is 526 g/mol. The molecule has 0 aliphatic rings. The van der Waals surface area contributed by atoms with E-state index in [4.69, 9.17) is 10.2 Å². The Morgan fingerprint density at radius 3 is 1.93 bits per heavy atom. The second-order valence-corrected chi connectivity index (χ2v) is 10.8. The summed E-state index contributed by atoms with van der Waals surface area (Å²) < 4.78 is 6.74. The minimum atomic E-state index is 0.749. The molecule has 0 amide bonds. The van der Waals surface area contributed by atoms with Crippen LogP contribution in [0.2, 0.25) is 0 Å². The Bertz CT molecular complexity index is 2430. The lowest BCUT2D eigenvalue weighted by atomic mass is 10.1. The molecular formula is C38H25N5. The van der Waals surface area contributed by atoms with Crippen molar-refractivity contribution in [1.29, 1.82) is 0 Å². The van der Waals surface area contributed by atoms with Gasteiger partial charge < -0.3 is 4.57 Å². The van der Waals surface area contributed by atoms with Gasteiger partial charge in [0.1, 0.15) is 0 Å². The Kier molecular flexibility index (Phi) is 5.13. The Morgan fingerprint density at radius 1 is 0.442 bits per heavy atom. The molecule has 0 aliphatic carbocycles. The SMILES string of the molecule is c1ccc(-c2nnc(-n3c4cc5c(ccn5-c5ccccc5)cc4c4ccc5ccccc5c43)n2-c2ccccc2)cc1. The quantitative estimate of drug-likeness (QED) is 0.219. The zero-order valence-electron chi connectivity index (χ0n) is 23.2. The van der Waals surface area contributed by atoms with E-state index in [1.807, 2.05) is 24.3 Å². The molecule has 6 aromatic carbocycles. The molecule has 9 rings (SSSR count). The minimum Gasteiger partial charge on any atom is -0.316 e. The number of aromatic nitrogens is 5. The van der Waals surface area contributed by atoms with E-state index in [9.17, 15) is 0 Å². The van der Waals surface area contributed by atoms with Gasteiger partial charge in [0.2, 0.25) is 5.95 Å². The van der Waals surface area contributed by atoms with Crippen LogP contribution < -0.4 is 0 Å². The fourth-order valence-corrected chi connectivity index (χ4v) is 6.44. The lowest BCUT2D eigenvalue weighted by Gasteiger charge is -2.14. The molecule has 9 aromatic rings. The number of nitrogens with zero attached hydrogens (tertiary/aromatic N) is 5. The lowest BCUT2D eigenvalue weighted by Crippen LogP contribution is -2.07. The fourth-order valence-electron chi connectivity index (χ4n) is 6.44. The van der Waals surface area contributed by atoms with E-state index in [0.29, 0.717) is 0 Å². The Hall–Kier alpha value is -5.94. The second kappa shape index (κ2) is 9.29. The van der Waals surface area contributed by atoms with E-state index in [2.05, 4.69) is 141 Å². The normalized spacial score (nSPS) is 11.7. The van der Waals surface area contributed by atoms with Crippen LogP contribution >= 0.6 is 0 Å². The average Bonchev–Trinajstić information content (AvgIpc) is 3.78. The van der Waals surface area contributed by atoms with Gasteiger partial charge in [-0.15, -0.1) is 10.2 Å². The van der Waals surface area contributed by atoms with Gasteiger partial charge in [0.25, 0.3) is 0 Å². The largest absolute Gasteiger partial charge is 0.316 e. The van der Waals surface area contributed by atoms with Crippen molar-refractivity contribution in [3.63, 3.8) is 0 Å². The zero-order chi connectivity index (χ0) is 28.3. The maximum atomic E-state index is 4.94. The molecule has 5 heteroatoms. The van der Waals surface area contributed by atoms with Crippen LogP contribution in [-0.4, -0.2) is 23.9 Å². The maximum Gasteiger partial charge on any atom is 0.241 e. The first-order chi connectivity index (χ1) is 21.3. The molecule has 5 nitrogen and oxygen atoms in total. The molecule has 0 radical (unpaired) electrons. The van der Waals surface area contributed by atoms with Crippen molar-refractivity contribution < 1.29 is 0 Å². The van der Waals surface area contributed by atoms with Gasteiger partial charge in [0, 0.05) is 39.0 Å². The third-order valence-electron chi connectivity index (χ3n) is 8.39. The highest BCUT2D eigenvalue weighted by Gasteiger charge is 2.23. The van der Waals surface area contributed by atoms with E-state index >= 15 is 0 Å². The van der Waals surface area contributed by atoms with E-state index in [0.717, 1.165) is 45.3 Å². The summed E-state index contributed by atoms with van der Waals surface area (Å²) in [6, 6.07) is 51.1. The van der Waals surface area contributed by atoms with Crippen LogP contribution in [0.1, 0.15) is 0 Å². The van der Waals surface area contributed by atoms with Gasteiger partial charge in [0.05, 0.1) is 22.2 Å². The summed E-state index contributed by atoms with van der Waals surface area (Å²) in [6.45, 7) is 0. The number of hydrogen-bond acceptors (Lipinski definition) is 2. The molecule has 0 bridgehead atoms. The molecule has 202 valence electrons. The van der Waals surface area contributed by atoms with Crippen molar-refractivity contribution in [2.75, 3.05) is 0 Å². The first-order valence-corrected chi connectivity index (χ1v) is 14.4. The summed E-state index contributed by atoms with van der Waals surface area (Å²) in [5.41, 5.74) is 6.49. The van der Waals surface area contributed by atoms with Crippen LogP contribution in [0.15, 0.2) is 152 Å². The number of benzene rings is 6. The molecule has 0 unspecified atom stereocenters. The van der Waals surface area contributed by atoms with Gasteiger partial charge in [-0.25, -0.2) is 0 Å². The van der Waals surface area contributed by atoms with Gasteiger partial charge >= 0.3 is 0 Å². The molecule has 0 N–H and O–H groups in total. The zero-order valence-corrected chi connectivity index (χ0v) is 23.2. The average molecular weight is 552 g/mol. The summed E-state index contributed by atoms with van der Waals surface area (Å²) in [7, 11) is 0. The van der Waals surface area contributed by atoms with E-state index in [-0.39, 0.29) is 0 Å². The summed E-state index contributed by atoms with van der Waals surface area (Å²) in [6.07, 6.45) is 2.15. The van der Waals surface area contributed by atoms with Gasteiger partial charge in [0.15, 0.2) is 5.82 Å². The summed E-state index contributed by atoms with van der Waals surface area (Å²) in [4.78, 5) is 0. The standard InChI is InChI=1S/C38H25N5/c1-4-13-27(14-5-1)37-39-40-38(42(37)30-17-8-3-9-18-30)43-35-25-34-28(22-23-41(34)29-15-6-2-7-16-29)24-33(35)32-21-20-26-12-10-11-19-31(26)36(32)43/h1-25H.